The van der Waals surface area contributed by atoms with Crippen molar-refractivity contribution < 1.29 is 14.3 Å². The summed E-state index contributed by atoms with van der Waals surface area (Å²) < 4.78 is 5.02. The van der Waals surface area contributed by atoms with Crippen LogP contribution in [0.3, 0.4) is 0 Å². The summed E-state index contributed by atoms with van der Waals surface area (Å²) in [4.78, 5) is 14.6. The number of carboxylic acid groups (broad SMARTS) is 1. The lowest BCUT2D eigenvalue weighted by Gasteiger charge is -1.97. The molecule has 16 heavy (non-hydrogen) atoms. The Morgan fingerprint density at radius 2 is 2.25 bits per heavy atom. The molecule has 0 radical (unpaired) electrons. The number of rotatable bonds is 2. The molecular weight excluding hydrogens is 230 g/mol. The second kappa shape index (κ2) is 3.98. The van der Waals surface area contributed by atoms with Crippen molar-refractivity contribution in [1.29, 1.82) is 0 Å². The largest absolute Gasteiger partial charge is 0.474 e. The number of aryl methyl sites for hydroxylation is 1. The molecule has 1 heterocycles. The summed E-state index contributed by atoms with van der Waals surface area (Å²) in [6.07, 6.45) is 0. The monoisotopic (exact) mass is 237 g/mol. The molecule has 0 aliphatic heterocycles. The highest BCUT2D eigenvalue weighted by Gasteiger charge is 2.16. The minimum atomic E-state index is -1.18. The van der Waals surface area contributed by atoms with Crippen LogP contribution in [0.25, 0.3) is 11.3 Å². The highest BCUT2D eigenvalue weighted by molar-refractivity contribution is 6.30. The van der Waals surface area contributed by atoms with Crippen molar-refractivity contribution in [3.8, 4) is 11.3 Å². The summed E-state index contributed by atoms with van der Waals surface area (Å²) in [7, 11) is 0. The fourth-order valence-corrected chi connectivity index (χ4v) is 1.58. The van der Waals surface area contributed by atoms with E-state index in [9.17, 15) is 4.79 Å². The van der Waals surface area contributed by atoms with Gasteiger partial charge in [-0.1, -0.05) is 23.7 Å². The third kappa shape index (κ3) is 1.92. The average molecular weight is 238 g/mol. The van der Waals surface area contributed by atoms with Gasteiger partial charge in [0.1, 0.15) is 11.5 Å². The predicted molar refractivity (Wildman–Crippen MR) is 58.6 cm³/mol. The van der Waals surface area contributed by atoms with E-state index < -0.39 is 5.97 Å². The summed E-state index contributed by atoms with van der Waals surface area (Å²) >= 11 is 5.84. The number of benzene rings is 1. The molecule has 1 N–H and O–H groups in total. The van der Waals surface area contributed by atoms with Crippen molar-refractivity contribution in [2.45, 2.75) is 6.92 Å². The normalized spacial score (nSPS) is 10.4. The molecule has 1 aromatic heterocycles. The molecule has 0 bridgehead atoms. The Hall–Kier alpha value is -1.81. The third-order valence-corrected chi connectivity index (χ3v) is 2.31. The molecular formula is C11H8ClNO3. The molecule has 0 saturated heterocycles. The third-order valence-electron chi connectivity index (χ3n) is 2.08. The van der Waals surface area contributed by atoms with E-state index in [4.69, 9.17) is 21.1 Å². The summed E-state index contributed by atoms with van der Waals surface area (Å²) in [5, 5.41) is 9.31. The number of carbonyl (C=O) groups is 1. The molecule has 4 nitrogen and oxygen atoms in total. The molecule has 0 spiro atoms. The van der Waals surface area contributed by atoms with Gasteiger partial charge in [0.2, 0.25) is 0 Å². The number of aromatic nitrogens is 1. The van der Waals surface area contributed by atoms with Gasteiger partial charge >= 0.3 is 11.9 Å². The highest BCUT2D eigenvalue weighted by Crippen LogP contribution is 2.25. The smallest absolute Gasteiger partial charge is 0.392 e. The zero-order valence-electron chi connectivity index (χ0n) is 8.40. The molecule has 0 aliphatic rings. The van der Waals surface area contributed by atoms with E-state index in [2.05, 4.69) is 4.98 Å². The van der Waals surface area contributed by atoms with E-state index in [0.717, 1.165) is 5.56 Å². The number of carboxylic acids is 1. The summed E-state index contributed by atoms with van der Waals surface area (Å²) in [6.45, 7) is 1.66. The van der Waals surface area contributed by atoms with Crippen molar-refractivity contribution in [3.05, 3.63) is 40.9 Å². The topological polar surface area (TPSA) is 63.3 Å². The number of halogens is 1. The van der Waals surface area contributed by atoms with Crippen molar-refractivity contribution in [2.75, 3.05) is 0 Å². The van der Waals surface area contributed by atoms with Crippen LogP contribution < -0.4 is 0 Å². The fraction of sp³-hybridized carbons (Fsp3) is 0.0909. The molecule has 0 fully saturated rings. The maximum absolute atomic E-state index is 10.7. The number of aromatic carboxylic acids is 1. The van der Waals surface area contributed by atoms with Gasteiger partial charge in [-0.15, -0.1) is 0 Å². The van der Waals surface area contributed by atoms with Gasteiger partial charge in [0.15, 0.2) is 0 Å². The maximum atomic E-state index is 10.7. The SMILES string of the molecule is Cc1oc(C(=O)O)nc1-c1cccc(Cl)c1. The van der Waals surface area contributed by atoms with Crippen molar-refractivity contribution in [1.82, 2.24) is 4.98 Å². The van der Waals surface area contributed by atoms with Crippen molar-refractivity contribution >= 4 is 17.6 Å². The minimum absolute atomic E-state index is 0.313. The quantitative estimate of drug-likeness (QED) is 0.872. The highest BCUT2D eigenvalue weighted by atomic mass is 35.5. The molecule has 2 rings (SSSR count). The van der Waals surface area contributed by atoms with Gasteiger partial charge in [-0.3, -0.25) is 0 Å². The Balaban J connectivity index is 2.52. The first-order valence-electron chi connectivity index (χ1n) is 4.54. The second-order valence-corrected chi connectivity index (χ2v) is 3.68. The Morgan fingerprint density at radius 3 is 2.81 bits per heavy atom. The zero-order valence-corrected chi connectivity index (χ0v) is 9.15. The van der Waals surface area contributed by atoms with Gasteiger partial charge in [0.05, 0.1) is 0 Å². The van der Waals surface area contributed by atoms with Crippen LogP contribution in [0, 0.1) is 6.92 Å². The standard InChI is InChI=1S/C11H8ClNO3/c1-6-9(13-10(16-6)11(14)15)7-3-2-4-8(12)5-7/h2-5H,1H3,(H,14,15). The Kier molecular flexibility index (Phi) is 2.66. The van der Waals surface area contributed by atoms with Crippen LogP contribution in [0.4, 0.5) is 0 Å². The molecule has 0 amide bonds. The van der Waals surface area contributed by atoms with Crippen LogP contribution in [0.2, 0.25) is 5.02 Å². The first-order valence-corrected chi connectivity index (χ1v) is 4.92. The van der Waals surface area contributed by atoms with E-state index in [1.54, 1.807) is 31.2 Å². The minimum Gasteiger partial charge on any atom is -0.474 e. The molecule has 2 aromatic rings. The Labute approximate surface area is 96.5 Å². The molecule has 1 aromatic carbocycles. The van der Waals surface area contributed by atoms with Crippen LogP contribution in [-0.2, 0) is 0 Å². The van der Waals surface area contributed by atoms with Crippen LogP contribution in [0.15, 0.2) is 28.7 Å². The maximum Gasteiger partial charge on any atom is 0.392 e. The molecule has 5 heteroatoms. The van der Waals surface area contributed by atoms with Crippen LogP contribution in [0.1, 0.15) is 16.4 Å². The summed E-state index contributed by atoms with van der Waals surface area (Å²) in [5.74, 6) is -1.04. The van der Waals surface area contributed by atoms with E-state index >= 15 is 0 Å². The Bertz CT molecular complexity index is 548. The van der Waals surface area contributed by atoms with E-state index in [-0.39, 0.29) is 5.89 Å². The van der Waals surface area contributed by atoms with Gasteiger partial charge in [-0.25, -0.2) is 9.78 Å². The first-order chi connectivity index (χ1) is 7.58. The lowest BCUT2D eigenvalue weighted by atomic mass is 10.1. The molecule has 0 saturated carbocycles. The fourth-order valence-electron chi connectivity index (χ4n) is 1.39. The molecule has 0 aliphatic carbocycles. The van der Waals surface area contributed by atoms with Crippen LogP contribution >= 0.6 is 11.6 Å². The second-order valence-electron chi connectivity index (χ2n) is 3.24. The molecule has 82 valence electrons. The lowest BCUT2D eigenvalue weighted by molar-refractivity contribution is 0.0652. The number of nitrogens with zero attached hydrogens (tertiary/aromatic N) is 1. The lowest BCUT2D eigenvalue weighted by Crippen LogP contribution is -1.95. The zero-order chi connectivity index (χ0) is 11.7. The van der Waals surface area contributed by atoms with Gasteiger partial charge in [0, 0.05) is 10.6 Å². The number of oxazole rings is 1. The summed E-state index contributed by atoms with van der Waals surface area (Å²) in [5.41, 5.74) is 1.24. The first kappa shape index (κ1) is 10.7. The van der Waals surface area contributed by atoms with Gasteiger partial charge in [-0.2, -0.15) is 0 Å². The summed E-state index contributed by atoms with van der Waals surface area (Å²) in [6, 6.07) is 7.01. The van der Waals surface area contributed by atoms with E-state index in [1.807, 2.05) is 0 Å². The van der Waals surface area contributed by atoms with Crippen molar-refractivity contribution in [2.24, 2.45) is 0 Å². The number of hydrogen-bond donors (Lipinski definition) is 1. The number of hydrogen-bond acceptors (Lipinski definition) is 3. The van der Waals surface area contributed by atoms with E-state index in [1.165, 1.54) is 0 Å². The Morgan fingerprint density at radius 1 is 1.50 bits per heavy atom. The van der Waals surface area contributed by atoms with Gasteiger partial charge in [-0.05, 0) is 19.1 Å². The van der Waals surface area contributed by atoms with Gasteiger partial charge in [0.25, 0.3) is 0 Å². The van der Waals surface area contributed by atoms with Gasteiger partial charge < -0.3 is 9.52 Å². The molecule has 0 unspecified atom stereocenters. The molecule has 0 atom stereocenters. The predicted octanol–water partition coefficient (Wildman–Crippen LogP) is 3.00. The average Bonchev–Trinajstić information content (AvgIpc) is 2.60. The van der Waals surface area contributed by atoms with E-state index in [0.29, 0.717) is 16.5 Å². The van der Waals surface area contributed by atoms with Crippen molar-refractivity contribution in [3.63, 3.8) is 0 Å². The van der Waals surface area contributed by atoms with Crippen LogP contribution in [-0.4, -0.2) is 16.1 Å². The van der Waals surface area contributed by atoms with Crippen LogP contribution in [0.5, 0.6) is 0 Å².